The predicted molar refractivity (Wildman–Crippen MR) is 153 cm³/mol. The zero-order chi connectivity index (χ0) is 28.7. The minimum atomic E-state index is -4.16. The number of benzene rings is 3. The van der Waals surface area contributed by atoms with Crippen LogP contribution >= 0.6 is 0 Å². The quantitative estimate of drug-likeness (QED) is 0.378. The van der Waals surface area contributed by atoms with Crippen molar-refractivity contribution in [3.8, 4) is 11.5 Å². The fourth-order valence-corrected chi connectivity index (χ4v) is 6.08. The molecule has 1 heterocycles. The summed E-state index contributed by atoms with van der Waals surface area (Å²) in [7, 11) is -4.16. The first-order valence-corrected chi connectivity index (χ1v) is 14.8. The topological polar surface area (TPSA) is 105 Å². The highest BCUT2D eigenvalue weighted by Gasteiger charge is 2.34. The molecule has 3 aromatic rings. The monoisotopic (exact) mass is 565 g/mol. The lowest BCUT2D eigenvalue weighted by atomic mass is 10.1. The van der Waals surface area contributed by atoms with E-state index in [-0.39, 0.29) is 23.0 Å². The second-order valence-electron chi connectivity index (χ2n) is 9.48. The number of ether oxygens (including phenoxy) is 2. The third-order valence-corrected chi connectivity index (χ3v) is 8.38. The Kier molecular flexibility index (Phi) is 9.31. The summed E-state index contributed by atoms with van der Waals surface area (Å²) in [6, 6.07) is 19.6. The van der Waals surface area contributed by atoms with Gasteiger partial charge >= 0.3 is 0 Å². The minimum Gasteiger partial charge on any atom is -0.486 e. The van der Waals surface area contributed by atoms with Gasteiger partial charge in [0.1, 0.15) is 25.8 Å². The van der Waals surface area contributed by atoms with Crippen molar-refractivity contribution in [2.24, 2.45) is 0 Å². The summed E-state index contributed by atoms with van der Waals surface area (Å²) in [5.74, 6) is 0.105. The van der Waals surface area contributed by atoms with Crippen molar-refractivity contribution < 1.29 is 27.5 Å². The van der Waals surface area contributed by atoms with Gasteiger partial charge in [-0.1, -0.05) is 55.0 Å². The highest BCUT2D eigenvalue weighted by molar-refractivity contribution is 7.92. The average molecular weight is 566 g/mol. The Morgan fingerprint density at radius 2 is 1.65 bits per heavy atom. The first-order valence-electron chi connectivity index (χ1n) is 13.3. The number of sulfonamides is 1. The Hall–Kier alpha value is -4.05. The third kappa shape index (κ3) is 6.56. The van der Waals surface area contributed by atoms with E-state index in [1.165, 1.54) is 17.0 Å². The summed E-state index contributed by atoms with van der Waals surface area (Å²) in [5, 5.41) is 2.81. The van der Waals surface area contributed by atoms with E-state index >= 15 is 0 Å². The molecule has 0 aliphatic carbocycles. The molecule has 0 unspecified atom stereocenters. The number of carbonyl (C=O) groups is 2. The van der Waals surface area contributed by atoms with Crippen molar-refractivity contribution in [2.45, 2.75) is 44.7 Å². The summed E-state index contributed by atoms with van der Waals surface area (Å²) in [5.41, 5.74) is 2.11. The lowest BCUT2D eigenvalue weighted by Crippen LogP contribution is -2.52. The molecule has 1 N–H and O–H groups in total. The van der Waals surface area contributed by atoms with Crippen LogP contribution in [0.3, 0.4) is 0 Å². The van der Waals surface area contributed by atoms with E-state index in [1.54, 1.807) is 36.4 Å². The van der Waals surface area contributed by atoms with Crippen LogP contribution in [-0.4, -0.2) is 57.5 Å². The molecule has 3 aromatic carbocycles. The molecule has 2 amide bonds. The Labute approximate surface area is 235 Å². The molecule has 0 bridgehead atoms. The van der Waals surface area contributed by atoms with Crippen LogP contribution < -0.4 is 19.1 Å². The number of carbonyl (C=O) groups excluding carboxylic acids is 2. The summed E-state index contributed by atoms with van der Waals surface area (Å²) < 4.78 is 40.3. The van der Waals surface area contributed by atoms with E-state index in [0.717, 1.165) is 15.4 Å². The van der Waals surface area contributed by atoms with Crippen LogP contribution in [0.5, 0.6) is 11.5 Å². The zero-order valence-electron chi connectivity index (χ0n) is 23.0. The van der Waals surface area contributed by atoms with Crippen LogP contribution in [0.25, 0.3) is 0 Å². The first-order chi connectivity index (χ1) is 19.2. The van der Waals surface area contributed by atoms with Gasteiger partial charge in [-0.3, -0.25) is 13.9 Å². The molecule has 212 valence electrons. The van der Waals surface area contributed by atoms with E-state index in [9.17, 15) is 18.0 Å². The lowest BCUT2D eigenvalue weighted by Gasteiger charge is -2.33. The number of likely N-dealkylation sites (N-methyl/N-ethyl adjacent to an activating group) is 1. The van der Waals surface area contributed by atoms with Gasteiger partial charge in [-0.2, -0.15) is 0 Å². The van der Waals surface area contributed by atoms with E-state index < -0.39 is 28.5 Å². The average Bonchev–Trinajstić information content (AvgIpc) is 2.96. The van der Waals surface area contributed by atoms with Gasteiger partial charge in [0, 0.05) is 19.2 Å². The number of aryl methyl sites for hydroxylation is 1. The SMILES string of the molecule is CCNC(=O)[C@@H](CC)N(Cc1cccc(C)c1)C(=O)CN(c1ccc2c(c1)OCCO2)S(=O)(=O)c1ccccc1. The second-order valence-corrected chi connectivity index (χ2v) is 11.3. The number of anilines is 1. The molecule has 10 heteroatoms. The number of nitrogens with zero attached hydrogens (tertiary/aromatic N) is 2. The molecule has 4 rings (SSSR count). The van der Waals surface area contributed by atoms with Crippen molar-refractivity contribution in [1.29, 1.82) is 0 Å². The number of amides is 2. The normalized spacial score (nSPS) is 13.3. The van der Waals surface area contributed by atoms with Gasteiger partial charge in [0.15, 0.2) is 11.5 Å². The number of hydrogen-bond donors (Lipinski definition) is 1. The molecule has 9 nitrogen and oxygen atoms in total. The van der Waals surface area contributed by atoms with Crippen molar-refractivity contribution in [3.05, 3.63) is 83.9 Å². The van der Waals surface area contributed by atoms with Gasteiger partial charge in [0.2, 0.25) is 11.8 Å². The highest BCUT2D eigenvalue weighted by atomic mass is 32.2. The largest absolute Gasteiger partial charge is 0.486 e. The van der Waals surface area contributed by atoms with Crippen LogP contribution in [-0.2, 0) is 26.2 Å². The second kappa shape index (κ2) is 12.9. The number of rotatable bonds is 11. The highest BCUT2D eigenvalue weighted by Crippen LogP contribution is 2.36. The minimum absolute atomic E-state index is 0.0405. The molecule has 0 spiro atoms. The maximum atomic E-state index is 14.1. The van der Waals surface area contributed by atoms with Crippen LogP contribution in [0.15, 0.2) is 77.7 Å². The van der Waals surface area contributed by atoms with Crippen molar-refractivity contribution in [1.82, 2.24) is 10.2 Å². The van der Waals surface area contributed by atoms with Crippen molar-refractivity contribution >= 4 is 27.5 Å². The molecular weight excluding hydrogens is 530 g/mol. The van der Waals surface area contributed by atoms with E-state index in [0.29, 0.717) is 37.7 Å². The molecule has 0 fully saturated rings. The van der Waals surface area contributed by atoms with Crippen molar-refractivity contribution in [2.75, 3.05) is 30.6 Å². The fraction of sp³-hybridized carbons (Fsp3) is 0.333. The fourth-order valence-electron chi connectivity index (χ4n) is 4.65. The Bertz CT molecular complexity index is 1440. The molecule has 40 heavy (non-hydrogen) atoms. The standard InChI is InChI=1S/C30H35N3O6S/c1-4-26(30(35)31-5-2)32(20-23-11-9-10-22(3)18-23)29(34)21-33(40(36,37)25-12-7-6-8-13-25)24-14-15-27-28(19-24)39-17-16-38-27/h6-15,18-19,26H,4-5,16-17,20-21H2,1-3H3,(H,31,35)/t26-/m1/s1. The molecule has 0 aromatic heterocycles. The maximum absolute atomic E-state index is 14.1. The molecule has 0 saturated carbocycles. The summed E-state index contributed by atoms with van der Waals surface area (Å²) in [4.78, 5) is 28.6. The Morgan fingerprint density at radius 3 is 2.33 bits per heavy atom. The van der Waals surface area contributed by atoms with Crippen LogP contribution in [0.1, 0.15) is 31.4 Å². The number of hydrogen-bond acceptors (Lipinski definition) is 6. The maximum Gasteiger partial charge on any atom is 0.264 e. The number of fused-ring (bicyclic) bond motifs is 1. The first kappa shape index (κ1) is 28.9. The summed E-state index contributed by atoms with van der Waals surface area (Å²) in [6.07, 6.45) is 0.360. The summed E-state index contributed by atoms with van der Waals surface area (Å²) >= 11 is 0. The Balaban J connectivity index is 1.76. The van der Waals surface area contributed by atoms with E-state index in [2.05, 4.69) is 5.32 Å². The molecule has 1 atom stereocenters. The van der Waals surface area contributed by atoms with Gasteiger partial charge in [-0.25, -0.2) is 8.42 Å². The van der Waals surface area contributed by atoms with E-state index in [1.807, 2.05) is 45.0 Å². The van der Waals surface area contributed by atoms with Crippen molar-refractivity contribution in [3.63, 3.8) is 0 Å². The van der Waals surface area contributed by atoms with Gasteiger partial charge in [-0.15, -0.1) is 0 Å². The van der Waals surface area contributed by atoms with Crippen LogP contribution in [0.2, 0.25) is 0 Å². The van der Waals surface area contributed by atoms with Gasteiger partial charge in [-0.05, 0) is 50.1 Å². The molecule has 0 saturated heterocycles. The van der Waals surface area contributed by atoms with Crippen LogP contribution in [0, 0.1) is 6.92 Å². The molecule has 1 aliphatic rings. The molecular formula is C30H35N3O6S. The summed E-state index contributed by atoms with van der Waals surface area (Å²) in [6.45, 7) is 6.36. The van der Waals surface area contributed by atoms with Gasteiger partial charge in [0.05, 0.1) is 10.6 Å². The van der Waals surface area contributed by atoms with Gasteiger partial charge in [0.25, 0.3) is 10.0 Å². The third-order valence-electron chi connectivity index (χ3n) is 6.60. The van der Waals surface area contributed by atoms with Gasteiger partial charge < -0.3 is 19.7 Å². The number of nitrogens with one attached hydrogen (secondary N) is 1. The van der Waals surface area contributed by atoms with E-state index in [4.69, 9.17) is 9.47 Å². The lowest BCUT2D eigenvalue weighted by molar-refractivity contribution is -0.140. The molecule has 1 aliphatic heterocycles. The molecule has 0 radical (unpaired) electrons. The zero-order valence-corrected chi connectivity index (χ0v) is 23.8. The predicted octanol–water partition coefficient (Wildman–Crippen LogP) is 3.91. The Morgan fingerprint density at radius 1 is 0.925 bits per heavy atom. The van der Waals surface area contributed by atoms with Crippen LogP contribution in [0.4, 0.5) is 5.69 Å². The smallest absolute Gasteiger partial charge is 0.264 e.